The number of fused-ring (bicyclic) bond motifs is 1. The molecule has 1 heterocycles. The summed E-state index contributed by atoms with van der Waals surface area (Å²) in [5, 5.41) is 3.28. The van der Waals surface area contributed by atoms with Crippen LogP contribution in [0.15, 0.2) is 0 Å². The van der Waals surface area contributed by atoms with Crippen molar-refractivity contribution >= 4 is 5.78 Å². The van der Waals surface area contributed by atoms with Crippen molar-refractivity contribution in [3.05, 3.63) is 0 Å². The molecule has 0 amide bonds. The number of carbonyl (C=O) groups excluding carboxylic acids is 1. The molecule has 0 spiro atoms. The maximum Gasteiger partial charge on any atom is 0.417 e. The molecule has 120 valence electrons. The Hall–Kier alpha value is -0.620. The largest absolute Gasteiger partial charge is 0.417 e. The quantitative estimate of drug-likeness (QED) is 0.868. The molecule has 2 unspecified atom stereocenters. The van der Waals surface area contributed by atoms with Gasteiger partial charge in [-0.05, 0) is 50.4 Å². The van der Waals surface area contributed by atoms with Crippen LogP contribution in [0.4, 0.5) is 13.2 Å². The van der Waals surface area contributed by atoms with Crippen LogP contribution in [0.25, 0.3) is 0 Å². The zero-order chi connectivity index (χ0) is 15.3. The van der Waals surface area contributed by atoms with Gasteiger partial charge in [0.25, 0.3) is 0 Å². The van der Waals surface area contributed by atoms with Gasteiger partial charge in [-0.15, -0.1) is 0 Å². The van der Waals surface area contributed by atoms with E-state index in [2.05, 4.69) is 5.32 Å². The first kappa shape index (κ1) is 15.3. The highest BCUT2D eigenvalue weighted by molar-refractivity contribution is 5.84. The fourth-order valence-electron chi connectivity index (χ4n) is 4.07. The number of nitrogens with one attached hydrogen (secondary N) is 1. The van der Waals surface area contributed by atoms with Crippen LogP contribution >= 0.6 is 0 Å². The SMILES string of the molecule is COC1(C(F)(F)F)CCCC(CC(=O)[C@@H]2C[C@H]3C[C@H]3N2)C1. The van der Waals surface area contributed by atoms with E-state index in [0.717, 1.165) is 20.0 Å². The van der Waals surface area contributed by atoms with E-state index in [1.54, 1.807) is 0 Å². The zero-order valence-corrected chi connectivity index (χ0v) is 12.2. The Morgan fingerprint density at radius 3 is 2.71 bits per heavy atom. The lowest BCUT2D eigenvalue weighted by Gasteiger charge is -2.41. The Bertz CT molecular complexity index is 416. The monoisotopic (exact) mass is 305 g/mol. The first-order valence-corrected chi connectivity index (χ1v) is 7.75. The number of methoxy groups -OCH3 is 1. The van der Waals surface area contributed by atoms with Crippen molar-refractivity contribution in [3.8, 4) is 0 Å². The predicted molar refractivity (Wildman–Crippen MR) is 70.8 cm³/mol. The van der Waals surface area contributed by atoms with Gasteiger partial charge in [0, 0.05) is 19.6 Å². The molecule has 0 aromatic heterocycles. The first-order chi connectivity index (χ1) is 9.84. The third kappa shape index (κ3) is 2.84. The molecule has 1 saturated heterocycles. The van der Waals surface area contributed by atoms with Gasteiger partial charge in [0.15, 0.2) is 5.60 Å². The molecular formula is C15H22F3NO2. The predicted octanol–water partition coefficient (Wildman–Crippen LogP) is 2.83. The highest BCUT2D eigenvalue weighted by Crippen LogP contribution is 2.47. The second-order valence-electron chi connectivity index (χ2n) is 6.89. The van der Waals surface area contributed by atoms with Crippen molar-refractivity contribution in [2.75, 3.05) is 7.11 Å². The molecule has 3 fully saturated rings. The van der Waals surface area contributed by atoms with Gasteiger partial charge in [-0.2, -0.15) is 13.2 Å². The van der Waals surface area contributed by atoms with Gasteiger partial charge in [-0.1, -0.05) is 0 Å². The number of rotatable bonds is 4. The lowest BCUT2D eigenvalue weighted by atomic mass is 9.75. The second-order valence-corrected chi connectivity index (χ2v) is 6.89. The van der Waals surface area contributed by atoms with Crippen molar-refractivity contribution in [3.63, 3.8) is 0 Å². The number of Topliss-reactive ketones (excluding diaryl/α,β-unsaturated/α-hetero) is 1. The minimum Gasteiger partial charge on any atom is -0.369 e. The summed E-state index contributed by atoms with van der Waals surface area (Å²) in [5.74, 6) is 0.492. The first-order valence-electron chi connectivity index (χ1n) is 7.75. The van der Waals surface area contributed by atoms with Crippen LogP contribution in [0.2, 0.25) is 0 Å². The molecule has 3 aliphatic rings. The summed E-state index contributed by atoms with van der Waals surface area (Å²) in [4.78, 5) is 12.2. The van der Waals surface area contributed by atoms with Gasteiger partial charge in [-0.25, -0.2) is 0 Å². The van der Waals surface area contributed by atoms with Crippen molar-refractivity contribution < 1.29 is 22.7 Å². The number of hydrogen-bond acceptors (Lipinski definition) is 3. The molecule has 6 heteroatoms. The highest BCUT2D eigenvalue weighted by atomic mass is 19.4. The molecule has 0 aromatic carbocycles. The Morgan fingerprint density at radius 1 is 1.38 bits per heavy atom. The molecule has 1 N–H and O–H groups in total. The fourth-order valence-corrected chi connectivity index (χ4v) is 4.07. The van der Waals surface area contributed by atoms with Gasteiger partial charge >= 0.3 is 6.18 Å². The second kappa shape index (κ2) is 5.23. The van der Waals surface area contributed by atoms with Crippen molar-refractivity contribution in [1.82, 2.24) is 5.32 Å². The van der Waals surface area contributed by atoms with Gasteiger partial charge < -0.3 is 10.1 Å². The fraction of sp³-hybridized carbons (Fsp3) is 0.933. The van der Waals surface area contributed by atoms with E-state index < -0.39 is 11.8 Å². The highest BCUT2D eigenvalue weighted by Gasteiger charge is 2.57. The molecule has 2 saturated carbocycles. The average Bonchev–Trinajstić information content (AvgIpc) is 3.04. The van der Waals surface area contributed by atoms with Crippen LogP contribution < -0.4 is 5.32 Å². The molecule has 1 aliphatic heterocycles. The number of ether oxygens (including phenoxy) is 1. The summed E-state index contributed by atoms with van der Waals surface area (Å²) in [6, 6.07) is 0.358. The topological polar surface area (TPSA) is 38.3 Å². The smallest absolute Gasteiger partial charge is 0.369 e. The standard InChI is InChI=1S/C15H22F3NO2/c1-21-14(15(16,17)18)4-2-3-9(8-14)5-13(20)12-7-10-6-11(10)19-12/h9-12,19H,2-8H2,1H3/t9?,10-,11-,12+,14?/m1/s1. The summed E-state index contributed by atoms with van der Waals surface area (Å²) in [6.07, 6.45) is -1.03. The Balaban J connectivity index is 1.59. The van der Waals surface area contributed by atoms with Crippen LogP contribution in [-0.4, -0.2) is 36.8 Å². The van der Waals surface area contributed by atoms with Crippen LogP contribution in [0.1, 0.15) is 44.9 Å². The van der Waals surface area contributed by atoms with Crippen molar-refractivity contribution in [2.24, 2.45) is 11.8 Å². The maximum atomic E-state index is 13.2. The van der Waals surface area contributed by atoms with E-state index in [-0.39, 0.29) is 37.0 Å². The zero-order valence-electron chi connectivity index (χ0n) is 12.2. The number of carbonyl (C=O) groups is 1. The van der Waals surface area contributed by atoms with Crippen molar-refractivity contribution in [1.29, 1.82) is 0 Å². The average molecular weight is 305 g/mol. The lowest BCUT2D eigenvalue weighted by Crippen LogP contribution is -2.50. The van der Waals surface area contributed by atoms with Crippen LogP contribution in [0.5, 0.6) is 0 Å². The molecule has 0 radical (unpaired) electrons. The number of piperidine rings is 1. The van der Waals surface area contributed by atoms with Gasteiger partial charge in [0.05, 0.1) is 6.04 Å². The molecule has 2 aliphatic carbocycles. The van der Waals surface area contributed by atoms with Gasteiger partial charge in [0.1, 0.15) is 5.78 Å². The minimum atomic E-state index is -4.36. The van der Waals surface area contributed by atoms with E-state index in [1.807, 2.05) is 0 Å². The summed E-state index contributed by atoms with van der Waals surface area (Å²) < 4.78 is 44.6. The third-order valence-corrected chi connectivity index (χ3v) is 5.47. The van der Waals surface area contributed by atoms with Crippen LogP contribution in [0, 0.1) is 11.8 Å². The van der Waals surface area contributed by atoms with E-state index in [0.29, 0.717) is 24.8 Å². The summed E-state index contributed by atoms with van der Waals surface area (Å²) in [5.41, 5.74) is -2.05. The van der Waals surface area contributed by atoms with Gasteiger partial charge in [-0.3, -0.25) is 4.79 Å². The minimum absolute atomic E-state index is 0.00349. The Kier molecular flexibility index (Phi) is 3.81. The number of alkyl halides is 3. The summed E-state index contributed by atoms with van der Waals surface area (Å²) in [6.45, 7) is 0. The molecule has 3 nitrogen and oxygen atoms in total. The number of halogens is 3. The maximum absolute atomic E-state index is 13.2. The third-order valence-electron chi connectivity index (χ3n) is 5.47. The van der Waals surface area contributed by atoms with E-state index >= 15 is 0 Å². The number of ketones is 1. The molecule has 5 atom stereocenters. The molecule has 21 heavy (non-hydrogen) atoms. The van der Waals surface area contributed by atoms with Crippen LogP contribution in [0.3, 0.4) is 0 Å². The van der Waals surface area contributed by atoms with E-state index in [9.17, 15) is 18.0 Å². The molecule has 0 bridgehead atoms. The van der Waals surface area contributed by atoms with Crippen LogP contribution in [-0.2, 0) is 9.53 Å². The molecule has 0 aromatic rings. The van der Waals surface area contributed by atoms with E-state index in [1.165, 1.54) is 0 Å². The van der Waals surface area contributed by atoms with E-state index in [4.69, 9.17) is 4.74 Å². The lowest BCUT2D eigenvalue weighted by molar-refractivity contribution is -0.284. The molecular weight excluding hydrogens is 283 g/mol. The summed E-state index contributed by atoms with van der Waals surface area (Å²) >= 11 is 0. The van der Waals surface area contributed by atoms with Gasteiger partial charge in [0.2, 0.25) is 0 Å². The Labute approximate surface area is 122 Å². The normalized spacial score (nSPS) is 42.7. The Morgan fingerprint density at radius 2 is 2.14 bits per heavy atom. The molecule has 3 rings (SSSR count). The van der Waals surface area contributed by atoms with Crippen molar-refractivity contribution in [2.45, 2.75) is 68.8 Å². The summed E-state index contributed by atoms with van der Waals surface area (Å²) in [7, 11) is 1.13. The number of hydrogen-bond donors (Lipinski definition) is 1.